The van der Waals surface area contributed by atoms with Gasteiger partial charge < -0.3 is 19.4 Å². The molecule has 1 N–H and O–H groups in total. The molecule has 8 heteroatoms. The summed E-state index contributed by atoms with van der Waals surface area (Å²) >= 11 is 0. The largest absolute Gasteiger partial charge is 0.426 e. The standard InChI is InChI=1S/C25H26N6O2/c1-29-13-15-31(16-14-29)20-5-3-18(4-6-20)30(2)19-7-9-21(10-8-19)33-25-27-23-17-26-12-11-22(23)24(32)28-25/h3-12,17H,13-16H2,1-2H3,(H,27,28,32). The van der Waals surface area contributed by atoms with E-state index < -0.39 is 0 Å². The Labute approximate surface area is 192 Å². The minimum atomic E-state index is -0.256. The molecular formula is C25H26N6O2. The zero-order chi connectivity index (χ0) is 22.8. The number of H-pyrrole nitrogens is 1. The van der Waals surface area contributed by atoms with Crippen molar-refractivity contribution >= 4 is 28.0 Å². The molecule has 1 aliphatic rings. The van der Waals surface area contributed by atoms with Crippen LogP contribution in [0.3, 0.4) is 0 Å². The van der Waals surface area contributed by atoms with E-state index in [9.17, 15) is 4.79 Å². The van der Waals surface area contributed by atoms with Crippen LogP contribution in [-0.4, -0.2) is 60.1 Å². The van der Waals surface area contributed by atoms with Gasteiger partial charge >= 0.3 is 6.01 Å². The highest BCUT2D eigenvalue weighted by Crippen LogP contribution is 2.29. The molecule has 0 saturated carbocycles. The Hall–Kier alpha value is -3.91. The summed E-state index contributed by atoms with van der Waals surface area (Å²) in [6, 6.07) is 18.1. The van der Waals surface area contributed by atoms with Crippen LogP contribution in [0.25, 0.3) is 10.9 Å². The number of hydrogen-bond acceptors (Lipinski definition) is 7. The molecule has 2 aromatic carbocycles. The van der Waals surface area contributed by atoms with Gasteiger partial charge in [-0.2, -0.15) is 4.98 Å². The van der Waals surface area contributed by atoms with Crippen LogP contribution < -0.4 is 20.1 Å². The van der Waals surface area contributed by atoms with Gasteiger partial charge in [-0.15, -0.1) is 0 Å². The van der Waals surface area contributed by atoms with E-state index in [1.165, 1.54) is 5.69 Å². The summed E-state index contributed by atoms with van der Waals surface area (Å²) < 4.78 is 5.78. The first-order valence-corrected chi connectivity index (χ1v) is 11.0. The molecule has 0 unspecified atom stereocenters. The molecule has 8 nitrogen and oxygen atoms in total. The fourth-order valence-corrected chi connectivity index (χ4v) is 3.97. The third kappa shape index (κ3) is 4.51. The molecule has 0 radical (unpaired) electrons. The Kier molecular flexibility index (Phi) is 5.66. The quantitative estimate of drug-likeness (QED) is 0.506. The normalized spacial score (nSPS) is 14.4. The van der Waals surface area contributed by atoms with Crippen LogP contribution in [0, 0.1) is 0 Å². The maximum Gasteiger partial charge on any atom is 0.302 e. The molecule has 33 heavy (non-hydrogen) atoms. The zero-order valence-electron chi connectivity index (χ0n) is 18.7. The number of aromatic nitrogens is 3. The Balaban J connectivity index is 1.28. The van der Waals surface area contributed by atoms with Crippen LogP contribution in [0.2, 0.25) is 0 Å². The number of pyridine rings is 1. The number of benzene rings is 2. The van der Waals surface area contributed by atoms with Gasteiger partial charge in [-0.05, 0) is 61.6 Å². The first kappa shape index (κ1) is 21.0. The highest BCUT2D eigenvalue weighted by molar-refractivity contribution is 5.76. The predicted octanol–water partition coefficient (Wildman–Crippen LogP) is 3.63. The highest BCUT2D eigenvalue weighted by Gasteiger charge is 2.14. The summed E-state index contributed by atoms with van der Waals surface area (Å²) in [6.07, 6.45) is 3.11. The van der Waals surface area contributed by atoms with Crippen molar-refractivity contribution in [1.82, 2.24) is 19.9 Å². The molecule has 0 spiro atoms. The first-order chi connectivity index (χ1) is 16.1. The third-order valence-corrected chi connectivity index (χ3v) is 6.03. The summed E-state index contributed by atoms with van der Waals surface area (Å²) in [5, 5.41) is 0.480. The summed E-state index contributed by atoms with van der Waals surface area (Å²) in [7, 11) is 4.21. The van der Waals surface area contributed by atoms with Gasteiger partial charge in [0.15, 0.2) is 0 Å². The predicted molar refractivity (Wildman–Crippen MR) is 131 cm³/mol. The fraction of sp³-hybridized carbons (Fsp3) is 0.240. The molecule has 0 atom stereocenters. The number of rotatable bonds is 5. The molecule has 4 aromatic rings. The number of aromatic amines is 1. The number of nitrogens with zero attached hydrogens (tertiary/aromatic N) is 5. The number of hydrogen-bond donors (Lipinski definition) is 1. The third-order valence-electron chi connectivity index (χ3n) is 6.03. The van der Waals surface area contributed by atoms with Gasteiger partial charge in [0.2, 0.25) is 0 Å². The molecule has 2 aromatic heterocycles. The topological polar surface area (TPSA) is 77.6 Å². The van der Waals surface area contributed by atoms with Gasteiger partial charge in [-0.3, -0.25) is 14.8 Å². The second kappa shape index (κ2) is 8.91. The SMILES string of the molecule is CN1CCN(c2ccc(N(C)c3ccc(Oc4nc5cnccc5c(=O)[nH]4)cc3)cc2)CC1. The number of piperazine rings is 1. The minimum absolute atomic E-state index is 0.140. The van der Waals surface area contributed by atoms with Gasteiger partial charge in [-0.25, -0.2) is 0 Å². The Morgan fingerprint density at radius 1 is 0.939 bits per heavy atom. The molecular weight excluding hydrogens is 416 g/mol. The molecule has 0 amide bonds. The maximum atomic E-state index is 12.2. The van der Waals surface area contributed by atoms with Crippen LogP contribution in [-0.2, 0) is 0 Å². The lowest BCUT2D eigenvalue weighted by molar-refractivity contribution is 0.313. The van der Waals surface area contributed by atoms with Crippen molar-refractivity contribution in [3.8, 4) is 11.8 Å². The van der Waals surface area contributed by atoms with E-state index in [-0.39, 0.29) is 11.6 Å². The number of likely N-dealkylation sites (N-methyl/N-ethyl adjacent to an activating group) is 1. The van der Waals surface area contributed by atoms with Crippen molar-refractivity contribution in [1.29, 1.82) is 0 Å². The van der Waals surface area contributed by atoms with Gasteiger partial charge in [-0.1, -0.05) is 0 Å². The second-order valence-electron chi connectivity index (χ2n) is 8.23. The van der Waals surface area contributed by atoms with Crippen molar-refractivity contribution in [3.05, 3.63) is 77.3 Å². The summed E-state index contributed by atoms with van der Waals surface area (Å²) in [5.41, 5.74) is 3.63. The number of nitrogens with one attached hydrogen (secondary N) is 1. The summed E-state index contributed by atoms with van der Waals surface area (Å²) in [4.78, 5) is 30.1. The molecule has 3 heterocycles. The van der Waals surface area contributed by atoms with Gasteiger partial charge in [0.1, 0.15) is 5.75 Å². The van der Waals surface area contributed by atoms with Crippen molar-refractivity contribution in [2.45, 2.75) is 0 Å². The van der Waals surface area contributed by atoms with Crippen LogP contribution >= 0.6 is 0 Å². The molecule has 0 bridgehead atoms. The lowest BCUT2D eigenvalue weighted by Gasteiger charge is -2.34. The fourth-order valence-electron chi connectivity index (χ4n) is 3.97. The highest BCUT2D eigenvalue weighted by atomic mass is 16.5. The minimum Gasteiger partial charge on any atom is -0.426 e. The smallest absolute Gasteiger partial charge is 0.302 e. The van der Waals surface area contributed by atoms with Crippen molar-refractivity contribution < 1.29 is 4.74 Å². The van der Waals surface area contributed by atoms with Crippen LogP contribution in [0.1, 0.15) is 0 Å². The van der Waals surface area contributed by atoms with Gasteiger partial charge in [0.05, 0.1) is 17.1 Å². The molecule has 1 saturated heterocycles. The Morgan fingerprint density at radius 2 is 1.61 bits per heavy atom. The first-order valence-electron chi connectivity index (χ1n) is 11.0. The van der Waals surface area contributed by atoms with Crippen molar-refractivity contribution in [2.75, 3.05) is 50.1 Å². The van der Waals surface area contributed by atoms with E-state index in [4.69, 9.17) is 4.74 Å². The second-order valence-corrected chi connectivity index (χ2v) is 8.23. The van der Waals surface area contributed by atoms with Crippen LogP contribution in [0.15, 0.2) is 71.8 Å². The van der Waals surface area contributed by atoms with Gasteiger partial charge in [0.25, 0.3) is 5.56 Å². The van der Waals surface area contributed by atoms with Crippen LogP contribution in [0.5, 0.6) is 11.8 Å². The molecule has 168 valence electrons. The van der Waals surface area contributed by atoms with Crippen LogP contribution in [0.4, 0.5) is 17.1 Å². The maximum absolute atomic E-state index is 12.2. The van der Waals surface area contributed by atoms with E-state index in [1.807, 2.05) is 31.3 Å². The number of ether oxygens (including phenoxy) is 1. The summed E-state index contributed by atoms with van der Waals surface area (Å²) in [5.74, 6) is 0.587. The van der Waals surface area contributed by atoms with Crippen molar-refractivity contribution in [2.24, 2.45) is 0 Å². The van der Waals surface area contributed by atoms with Crippen molar-refractivity contribution in [3.63, 3.8) is 0 Å². The summed E-state index contributed by atoms with van der Waals surface area (Å²) in [6.45, 7) is 4.30. The molecule has 0 aliphatic carbocycles. The van der Waals surface area contributed by atoms with E-state index in [2.05, 4.69) is 61.0 Å². The zero-order valence-corrected chi connectivity index (χ0v) is 18.7. The van der Waals surface area contributed by atoms with E-state index in [0.717, 1.165) is 37.6 Å². The average Bonchev–Trinajstić information content (AvgIpc) is 2.85. The molecule has 1 fully saturated rings. The molecule has 1 aliphatic heterocycles. The monoisotopic (exact) mass is 442 g/mol. The Bertz CT molecular complexity index is 1300. The lowest BCUT2D eigenvalue weighted by Crippen LogP contribution is -2.44. The van der Waals surface area contributed by atoms with E-state index in [0.29, 0.717) is 16.7 Å². The number of anilines is 3. The number of fused-ring (bicyclic) bond motifs is 1. The molecule has 5 rings (SSSR count). The Morgan fingerprint density at radius 3 is 2.30 bits per heavy atom. The van der Waals surface area contributed by atoms with E-state index >= 15 is 0 Å². The van der Waals surface area contributed by atoms with E-state index in [1.54, 1.807) is 18.5 Å². The van der Waals surface area contributed by atoms with Gasteiger partial charge in [0, 0.05) is 56.5 Å². The average molecular weight is 443 g/mol. The lowest BCUT2D eigenvalue weighted by atomic mass is 10.2.